The van der Waals surface area contributed by atoms with E-state index in [0.29, 0.717) is 12.8 Å². The minimum absolute atomic E-state index is 0.0917. The van der Waals surface area contributed by atoms with Crippen LogP contribution in [0.3, 0.4) is 0 Å². The van der Waals surface area contributed by atoms with E-state index in [2.05, 4.69) is 10.6 Å². The van der Waals surface area contributed by atoms with Gasteiger partial charge < -0.3 is 37.2 Å². The molecule has 1 aromatic rings. The largest absolute Gasteiger partial charge is 0.508 e. The van der Waals surface area contributed by atoms with Crippen molar-refractivity contribution in [3.05, 3.63) is 29.8 Å². The maximum Gasteiger partial charge on any atom is 0.326 e. The predicted molar refractivity (Wildman–Crippen MR) is 129 cm³/mol. The normalized spacial score (nSPS) is 17.8. The van der Waals surface area contributed by atoms with Crippen molar-refractivity contribution < 1.29 is 34.2 Å². The maximum atomic E-state index is 13.4. The lowest BCUT2D eigenvalue weighted by Crippen LogP contribution is -2.58. The summed E-state index contributed by atoms with van der Waals surface area (Å²) in [5, 5.41) is 23.9. The van der Waals surface area contributed by atoms with Crippen LogP contribution in [0, 0.1) is 5.92 Å². The van der Waals surface area contributed by atoms with Crippen molar-refractivity contribution in [3.63, 3.8) is 0 Å². The minimum atomic E-state index is -1.32. The van der Waals surface area contributed by atoms with Gasteiger partial charge in [0.15, 0.2) is 0 Å². The number of primary amides is 1. The summed E-state index contributed by atoms with van der Waals surface area (Å²) in [5.41, 5.74) is 11.9. The van der Waals surface area contributed by atoms with E-state index in [1.807, 2.05) is 0 Å². The number of hydrogen-bond acceptors (Lipinski definition) is 7. The van der Waals surface area contributed by atoms with Crippen LogP contribution in [0.2, 0.25) is 0 Å². The van der Waals surface area contributed by atoms with E-state index < -0.39 is 53.8 Å². The number of benzene rings is 1. The molecule has 1 fully saturated rings. The van der Waals surface area contributed by atoms with Crippen molar-refractivity contribution in [2.24, 2.45) is 17.4 Å². The topological polar surface area (TPSA) is 205 Å². The highest BCUT2D eigenvalue weighted by atomic mass is 16.4. The number of carboxylic acids is 1. The van der Waals surface area contributed by atoms with Crippen LogP contribution in [0.4, 0.5) is 0 Å². The molecule has 12 nitrogen and oxygen atoms in total. The van der Waals surface area contributed by atoms with Gasteiger partial charge >= 0.3 is 5.97 Å². The Hall–Kier alpha value is -3.67. The third-order valence-electron chi connectivity index (χ3n) is 6.09. The third kappa shape index (κ3) is 7.94. The van der Waals surface area contributed by atoms with E-state index in [1.54, 1.807) is 26.0 Å². The average molecular weight is 506 g/mol. The van der Waals surface area contributed by atoms with Gasteiger partial charge in [-0.15, -0.1) is 0 Å². The van der Waals surface area contributed by atoms with Crippen LogP contribution in [0.5, 0.6) is 5.75 Å². The Morgan fingerprint density at radius 3 is 2.31 bits per heavy atom. The molecule has 1 heterocycles. The van der Waals surface area contributed by atoms with Gasteiger partial charge in [0.1, 0.15) is 23.9 Å². The molecule has 0 aliphatic carbocycles. The number of nitrogens with two attached hydrogens (primary N) is 2. The first-order chi connectivity index (χ1) is 16.9. The zero-order chi connectivity index (χ0) is 27.0. The van der Waals surface area contributed by atoms with Gasteiger partial charge in [-0.2, -0.15) is 0 Å². The summed E-state index contributed by atoms with van der Waals surface area (Å²) in [5.74, 6) is -3.86. The van der Waals surface area contributed by atoms with Gasteiger partial charge in [0, 0.05) is 13.0 Å². The predicted octanol–water partition coefficient (Wildman–Crippen LogP) is -0.771. The van der Waals surface area contributed by atoms with Crippen LogP contribution in [-0.4, -0.2) is 75.4 Å². The molecule has 1 aliphatic rings. The fourth-order valence-corrected chi connectivity index (χ4v) is 4.05. The Morgan fingerprint density at radius 2 is 1.75 bits per heavy atom. The lowest BCUT2D eigenvalue weighted by molar-refractivity contribution is -0.145. The quantitative estimate of drug-likeness (QED) is 0.212. The highest BCUT2D eigenvalue weighted by molar-refractivity contribution is 5.94. The number of nitrogens with one attached hydrogen (secondary N) is 2. The number of aliphatic carboxylic acids is 1. The number of likely N-dealkylation sites (tertiary alicyclic amines) is 1. The number of nitrogens with zero attached hydrogens (tertiary/aromatic N) is 1. The Balaban J connectivity index is 2.06. The van der Waals surface area contributed by atoms with Gasteiger partial charge in [-0.3, -0.25) is 19.2 Å². The SMILES string of the molecule is CC(C)C(NC(=O)C(N)Cc1ccc(O)cc1)C(=O)N1CCCC1C(=O)NC(CCC(N)=O)C(=O)O. The summed E-state index contributed by atoms with van der Waals surface area (Å²) in [6.07, 6.45) is 0.680. The molecule has 1 saturated heterocycles. The molecular formula is C24H35N5O7. The van der Waals surface area contributed by atoms with E-state index in [4.69, 9.17) is 11.5 Å². The molecule has 4 atom stereocenters. The molecule has 4 amide bonds. The summed E-state index contributed by atoms with van der Waals surface area (Å²) in [6, 6.07) is 2.16. The molecule has 4 unspecified atom stereocenters. The number of carbonyl (C=O) groups is 5. The van der Waals surface area contributed by atoms with Gasteiger partial charge in [0.2, 0.25) is 23.6 Å². The van der Waals surface area contributed by atoms with Crippen molar-refractivity contribution in [1.29, 1.82) is 0 Å². The zero-order valence-electron chi connectivity index (χ0n) is 20.5. The molecule has 12 heteroatoms. The van der Waals surface area contributed by atoms with Crippen molar-refractivity contribution in [2.45, 2.75) is 70.1 Å². The number of carboxylic acid groups (broad SMARTS) is 1. The monoisotopic (exact) mass is 505 g/mol. The molecule has 1 aromatic carbocycles. The molecule has 0 radical (unpaired) electrons. The molecule has 36 heavy (non-hydrogen) atoms. The summed E-state index contributed by atoms with van der Waals surface area (Å²) in [7, 11) is 0. The van der Waals surface area contributed by atoms with Gasteiger partial charge in [-0.25, -0.2) is 4.79 Å². The minimum Gasteiger partial charge on any atom is -0.508 e. The third-order valence-corrected chi connectivity index (χ3v) is 6.09. The summed E-state index contributed by atoms with van der Waals surface area (Å²) >= 11 is 0. The number of rotatable bonds is 12. The van der Waals surface area contributed by atoms with Crippen LogP contribution < -0.4 is 22.1 Å². The second kappa shape index (κ2) is 12.9. The second-order valence-corrected chi connectivity index (χ2v) is 9.30. The van der Waals surface area contributed by atoms with Crippen LogP contribution in [-0.2, 0) is 30.4 Å². The van der Waals surface area contributed by atoms with Crippen molar-refractivity contribution in [2.75, 3.05) is 6.54 Å². The smallest absolute Gasteiger partial charge is 0.326 e. The summed E-state index contributed by atoms with van der Waals surface area (Å²) < 4.78 is 0. The molecule has 0 saturated carbocycles. The van der Waals surface area contributed by atoms with Gasteiger partial charge in [0.05, 0.1) is 6.04 Å². The van der Waals surface area contributed by atoms with Gasteiger partial charge in [-0.1, -0.05) is 26.0 Å². The molecular weight excluding hydrogens is 470 g/mol. The summed E-state index contributed by atoms with van der Waals surface area (Å²) in [4.78, 5) is 62.9. The maximum absolute atomic E-state index is 13.4. The molecule has 0 spiro atoms. The molecule has 0 aromatic heterocycles. The first-order valence-corrected chi connectivity index (χ1v) is 11.9. The highest BCUT2D eigenvalue weighted by Crippen LogP contribution is 2.21. The van der Waals surface area contributed by atoms with E-state index >= 15 is 0 Å². The lowest BCUT2D eigenvalue weighted by Gasteiger charge is -2.31. The van der Waals surface area contributed by atoms with E-state index in [0.717, 1.165) is 5.56 Å². The molecule has 1 aliphatic heterocycles. The highest BCUT2D eigenvalue weighted by Gasteiger charge is 2.40. The Kier molecular flexibility index (Phi) is 10.2. The number of carbonyl (C=O) groups excluding carboxylic acids is 4. The van der Waals surface area contributed by atoms with Crippen molar-refractivity contribution in [3.8, 4) is 5.75 Å². The molecule has 198 valence electrons. The first-order valence-electron chi connectivity index (χ1n) is 11.9. The standard InChI is InChI=1S/C24H35N5O7/c1-13(2)20(28-21(32)16(25)12-14-5-7-15(30)8-6-14)23(34)29-11-3-4-18(29)22(33)27-17(24(35)36)9-10-19(26)31/h5-8,13,16-18,20,30H,3-4,9-12,25H2,1-2H3,(H2,26,31)(H,27,33)(H,28,32)(H,35,36). The van der Waals surface area contributed by atoms with Crippen LogP contribution in [0.15, 0.2) is 24.3 Å². The molecule has 8 N–H and O–H groups in total. The zero-order valence-corrected chi connectivity index (χ0v) is 20.5. The second-order valence-electron chi connectivity index (χ2n) is 9.30. The number of phenolic OH excluding ortho intramolecular Hbond substituents is 1. The fourth-order valence-electron chi connectivity index (χ4n) is 4.05. The first kappa shape index (κ1) is 28.6. The van der Waals surface area contributed by atoms with E-state index in [-0.39, 0.29) is 37.5 Å². The van der Waals surface area contributed by atoms with Gasteiger partial charge in [-0.05, 0) is 49.3 Å². The van der Waals surface area contributed by atoms with Crippen molar-refractivity contribution >= 4 is 29.6 Å². The number of hydrogen-bond donors (Lipinski definition) is 6. The number of aromatic hydroxyl groups is 1. The Bertz CT molecular complexity index is 966. The lowest BCUT2D eigenvalue weighted by atomic mass is 10.00. The van der Waals surface area contributed by atoms with Crippen LogP contribution >= 0.6 is 0 Å². The Morgan fingerprint density at radius 1 is 1.11 bits per heavy atom. The number of amides is 4. The molecule has 0 bridgehead atoms. The molecule has 2 rings (SSSR count). The fraction of sp³-hybridized carbons (Fsp3) is 0.542. The average Bonchev–Trinajstić information content (AvgIpc) is 3.30. The van der Waals surface area contributed by atoms with Crippen LogP contribution in [0.25, 0.3) is 0 Å². The van der Waals surface area contributed by atoms with Crippen LogP contribution in [0.1, 0.15) is 45.1 Å². The van der Waals surface area contributed by atoms with Gasteiger partial charge in [0.25, 0.3) is 0 Å². The Labute approximate surface area is 209 Å². The van der Waals surface area contributed by atoms with Crippen molar-refractivity contribution in [1.82, 2.24) is 15.5 Å². The van der Waals surface area contributed by atoms with E-state index in [9.17, 15) is 34.2 Å². The van der Waals surface area contributed by atoms with E-state index in [1.165, 1.54) is 17.0 Å². The summed E-state index contributed by atoms with van der Waals surface area (Å²) in [6.45, 7) is 3.78. The number of phenols is 1.